The van der Waals surface area contributed by atoms with E-state index in [1.807, 2.05) is 0 Å². The number of hydrogen-bond acceptors (Lipinski definition) is 6. The van der Waals surface area contributed by atoms with Crippen LogP contribution in [0.2, 0.25) is 0 Å². The van der Waals surface area contributed by atoms with Gasteiger partial charge in [0.1, 0.15) is 11.5 Å². The van der Waals surface area contributed by atoms with Gasteiger partial charge < -0.3 is 19.5 Å². The second kappa shape index (κ2) is 11.1. The molecule has 1 fully saturated rings. The summed E-state index contributed by atoms with van der Waals surface area (Å²) in [7, 11) is 3.05. The summed E-state index contributed by atoms with van der Waals surface area (Å²) in [5, 5.41) is 4.99. The van der Waals surface area contributed by atoms with E-state index in [1.54, 1.807) is 18.2 Å². The highest BCUT2D eigenvalue weighted by atomic mass is 16.5. The molecule has 0 aliphatic heterocycles. The minimum Gasteiger partial charge on any atom is -0.497 e. The fraction of sp³-hybridized carbons (Fsp3) is 0.476. The van der Waals surface area contributed by atoms with Crippen LogP contribution >= 0.6 is 0 Å². The Kier molecular flexibility index (Phi) is 8.51. The van der Waals surface area contributed by atoms with Gasteiger partial charge in [0, 0.05) is 17.7 Å². The van der Waals surface area contributed by atoms with E-state index in [4.69, 9.17) is 14.2 Å². The molecule has 1 aromatic carbocycles. The smallest absolute Gasteiger partial charge is 0.331 e. The molecule has 1 saturated carbocycles. The third-order valence-electron chi connectivity index (χ3n) is 4.68. The molecule has 1 atom stereocenters. The molecule has 1 aliphatic carbocycles. The van der Waals surface area contributed by atoms with Crippen LogP contribution in [-0.2, 0) is 14.3 Å². The molecule has 0 bridgehead atoms. The van der Waals surface area contributed by atoms with Crippen LogP contribution in [-0.4, -0.2) is 44.3 Å². The summed E-state index contributed by atoms with van der Waals surface area (Å²) >= 11 is 0. The van der Waals surface area contributed by atoms with Crippen LogP contribution < -0.4 is 20.1 Å². The number of urea groups is 1. The van der Waals surface area contributed by atoms with Gasteiger partial charge in [-0.1, -0.05) is 19.3 Å². The number of methoxy groups -OCH3 is 2. The molecule has 158 valence electrons. The molecule has 8 nitrogen and oxygen atoms in total. The highest BCUT2D eigenvalue weighted by molar-refractivity contribution is 5.98. The number of amides is 3. The van der Waals surface area contributed by atoms with Gasteiger partial charge in [0.2, 0.25) is 0 Å². The third-order valence-corrected chi connectivity index (χ3v) is 4.68. The molecule has 29 heavy (non-hydrogen) atoms. The number of carbonyl (C=O) groups is 3. The van der Waals surface area contributed by atoms with E-state index in [0.717, 1.165) is 25.7 Å². The van der Waals surface area contributed by atoms with Crippen molar-refractivity contribution < 1.29 is 28.6 Å². The molecule has 0 aromatic heterocycles. The molecular weight excluding hydrogens is 376 g/mol. The van der Waals surface area contributed by atoms with E-state index in [-0.39, 0.29) is 6.04 Å². The Bertz CT molecular complexity index is 756. The molecule has 1 aromatic rings. The van der Waals surface area contributed by atoms with Gasteiger partial charge in [0.05, 0.1) is 14.2 Å². The van der Waals surface area contributed by atoms with Crippen molar-refractivity contribution in [1.29, 1.82) is 0 Å². The fourth-order valence-electron chi connectivity index (χ4n) is 3.08. The number of rotatable bonds is 7. The Morgan fingerprint density at radius 1 is 1.10 bits per heavy atom. The lowest BCUT2D eigenvalue weighted by molar-refractivity contribution is -0.149. The Hall–Kier alpha value is -3.03. The number of esters is 1. The van der Waals surface area contributed by atoms with Crippen LogP contribution in [0.25, 0.3) is 6.08 Å². The van der Waals surface area contributed by atoms with Crippen molar-refractivity contribution in [3.63, 3.8) is 0 Å². The number of ether oxygens (including phenoxy) is 3. The van der Waals surface area contributed by atoms with Crippen LogP contribution in [0, 0.1) is 0 Å². The summed E-state index contributed by atoms with van der Waals surface area (Å²) in [6.45, 7) is 1.40. The van der Waals surface area contributed by atoms with Gasteiger partial charge in [-0.15, -0.1) is 0 Å². The third kappa shape index (κ3) is 7.14. The summed E-state index contributed by atoms with van der Waals surface area (Å²) in [5.74, 6) is -0.236. The summed E-state index contributed by atoms with van der Waals surface area (Å²) in [6, 6.07) is 4.66. The molecule has 0 radical (unpaired) electrons. The maximum atomic E-state index is 12.1. The van der Waals surface area contributed by atoms with E-state index in [9.17, 15) is 14.4 Å². The summed E-state index contributed by atoms with van der Waals surface area (Å²) in [4.78, 5) is 36.0. The highest BCUT2D eigenvalue weighted by Crippen LogP contribution is 2.25. The number of benzene rings is 1. The van der Waals surface area contributed by atoms with Gasteiger partial charge >= 0.3 is 12.0 Å². The first kappa shape index (κ1) is 22.3. The standard InChI is InChI=1S/C21H28N2O6/c1-14(20(25)23-21(26)22-16-7-5-4-6-8-16)29-19(24)12-9-15-13-17(27-2)10-11-18(15)28-3/h9-14,16H,4-8H2,1-3H3,(H2,22,23,25,26)/b12-9+/t14-/m1/s1. The van der Waals surface area contributed by atoms with Crippen LogP contribution in [0.3, 0.4) is 0 Å². The monoisotopic (exact) mass is 404 g/mol. The molecule has 0 spiro atoms. The van der Waals surface area contributed by atoms with E-state index in [2.05, 4.69) is 10.6 Å². The zero-order valence-electron chi connectivity index (χ0n) is 17.0. The lowest BCUT2D eigenvalue weighted by Gasteiger charge is -2.23. The van der Waals surface area contributed by atoms with Crippen molar-refractivity contribution in [3.05, 3.63) is 29.8 Å². The van der Waals surface area contributed by atoms with Gasteiger partial charge in [0.25, 0.3) is 5.91 Å². The van der Waals surface area contributed by atoms with Crippen LogP contribution in [0.1, 0.15) is 44.6 Å². The zero-order valence-corrected chi connectivity index (χ0v) is 17.0. The first-order chi connectivity index (χ1) is 13.9. The maximum absolute atomic E-state index is 12.1. The van der Waals surface area contributed by atoms with Gasteiger partial charge in [-0.05, 0) is 44.0 Å². The van der Waals surface area contributed by atoms with Gasteiger partial charge in [-0.3, -0.25) is 10.1 Å². The second-order valence-electron chi connectivity index (χ2n) is 6.82. The fourth-order valence-corrected chi connectivity index (χ4v) is 3.08. The SMILES string of the molecule is COc1ccc(OC)c(/C=C/C(=O)O[C@H](C)C(=O)NC(=O)NC2CCCCC2)c1. The van der Waals surface area contributed by atoms with Crippen LogP contribution in [0.5, 0.6) is 11.5 Å². The molecule has 1 aliphatic rings. The van der Waals surface area contributed by atoms with Crippen molar-refractivity contribution in [1.82, 2.24) is 10.6 Å². The molecule has 0 saturated heterocycles. The van der Waals surface area contributed by atoms with Crippen molar-refractivity contribution in [2.75, 3.05) is 14.2 Å². The largest absolute Gasteiger partial charge is 0.497 e. The molecule has 8 heteroatoms. The lowest BCUT2D eigenvalue weighted by atomic mass is 9.96. The summed E-state index contributed by atoms with van der Waals surface area (Å²) in [5.41, 5.74) is 0.618. The maximum Gasteiger partial charge on any atom is 0.331 e. The second-order valence-corrected chi connectivity index (χ2v) is 6.82. The predicted molar refractivity (Wildman–Crippen MR) is 108 cm³/mol. The van der Waals surface area contributed by atoms with Crippen molar-refractivity contribution in [3.8, 4) is 11.5 Å². The minimum atomic E-state index is -1.11. The van der Waals surface area contributed by atoms with Crippen molar-refractivity contribution in [2.24, 2.45) is 0 Å². The van der Waals surface area contributed by atoms with Crippen molar-refractivity contribution in [2.45, 2.75) is 51.2 Å². The van der Waals surface area contributed by atoms with E-state index in [0.29, 0.717) is 17.1 Å². The minimum absolute atomic E-state index is 0.0789. The first-order valence-corrected chi connectivity index (χ1v) is 9.65. The molecule has 3 amide bonds. The molecule has 2 rings (SSSR count). The molecule has 2 N–H and O–H groups in total. The van der Waals surface area contributed by atoms with E-state index in [1.165, 1.54) is 39.7 Å². The Balaban J connectivity index is 1.85. The van der Waals surface area contributed by atoms with Crippen molar-refractivity contribution >= 4 is 24.0 Å². The Morgan fingerprint density at radius 3 is 2.48 bits per heavy atom. The summed E-state index contributed by atoms with van der Waals surface area (Å²) < 4.78 is 15.5. The number of imide groups is 1. The van der Waals surface area contributed by atoms with Crippen LogP contribution in [0.15, 0.2) is 24.3 Å². The van der Waals surface area contributed by atoms with E-state index < -0.39 is 24.0 Å². The van der Waals surface area contributed by atoms with E-state index >= 15 is 0 Å². The first-order valence-electron chi connectivity index (χ1n) is 9.65. The lowest BCUT2D eigenvalue weighted by Crippen LogP contribution is -2.48. The quantitative estimate of drug-likeness (QED) is 0.535. The number of nitrogens with one attached hydrogen (secondary N) is 2. The normalized spacial score (nSPS) is 15.4. The van der Waals surface area contributed by atoms with Gasteiger partial charge in [0.15, 0.2) is 6.10 Å². The molecular formula is C21H28N2O6. The predicted octanol–water partition coefficient (Wildman–Crippen LogP) is 2.81. The average Bonchev–Trinajstić information content (AvgIpc) is 2.72. The number of carbonyl (C=O) groups excluding carboxylic acids is 3. The molecule has 0 unspecified atom stereocenters. The summed E-state index contributed by atoms with van der Waals surface area (Å²) in [6.07, 6.45) is 6.69. The average molecular weight is 404 g/mol. The van der Waals surface area contributed by atoms with Gasteiger partial charge in [-0.2, -0.15) is 0 Å². The molecule has 0 heterocycles. The highest BCUT2D eigenvalue weighted by Gasteiger charge is 2.21. The zero-order chi connectivity index (χ0) is 21.2. The Labute approximate surface area is 170 Å². The topological polar surface area (TPSA) is 103 Å². The van der Waals surface area contributed by atoms with Gasteiger partial charge in [-0.25, -0.2) is 9.59 Å². The van der Waals surface area contributed by atoms with Crippen LogP contribution in [0.4, 0.5) is 4.79 Å². The Morgan fingerprint density at radius 2 is 1.83 bits per heavy atom. The number of hydrogen-bond donors (Lipinski definition) is 2.